The fraction of sp³-hybridized carbons (Fsp3) is 0.118. The summed E-state index contributed by atoms with van der Waals surface area (Å²) in [5.74, 6) is -1.97. The van der Waals surface area contributed by atoms with Crippen LogP contribution in [0.1, 0.15) is 17.8 Å². The highest BCUT2D eigenvalue weighted by Gasteiger charge is 2.29. The molecule has 0 bridgehead atoms. The number of aromatic nitrogens is 3. The Morgan fingerprint density at radius 1 is 1.28 bits per heavy atom. The number of aliphatic hydroxyl groups is 1. The van der Waals surface area contributed by atoms with Crippen LogP contribution >= 0.6 is 0 Å². The summed E-state index contributed by atoms with van der Waals surface area (Å²) >= 11 is 0. The molecule has 6 nitrogen and oxygen atoms in total. The summed E-state index contributed by atoms with van der Waals surface area (Å²) in [4.78, 5) is 20.5. The average molecular weight is 342 g/mol. The maximum absolute atomic E-state index is 13.7. The van der Waals surface area contributed by atoms with Crippen molar-refractivity contribution in [2.24, 2.45) is 0 Å². The largest absolute Gasteiger partial charge is 0.511 e. The van der Waals surface area contributed by atoms with Crippen molar-refractivity contribution in [3.8, 4) is 0 Å². The highest BCUT2D eigenvalue weighted by Crippen LogP contribution is 2.31. The highest BCUT2D eigenvalue weighted by molar-refractivity contribution is 6.26. The molecule has 0 aliphatic heterocycles. The van der Waals surface area contributed by atoms with Gasteiger partial charge in [0.15, 0.2) is 5.82 Å². The number of hydrogen-bond acceptors (Lipinski definition) is 4. The lowest BCUT2D eigenvalue weighted by atomic mass is 9.97. The lowest BCUT2D eigenvalue weighted by Gasteiger charge is -2.16. The first-order chi connectivity index (χ1) is 12.0. The molecule has 126 valence electrons. The molecule has 0 atom stereocenters. The van der Waals surface area contributed by atoms with Gasteiger partial charge in [0.1, 0.15) is 28.5 Å². The Morgan fingerprint density at radius 2 is 2.12 bits per heavy atom. The molecular weight excluding hydrogens is 330 g/mol. The molecule has 0 saturated carbocycles. The van der Waals surface area contributed by atoms with Crippen LogP contribution in [-0.4, -0.2) is 25.4 Å². The third-order valence-corrected chi connectivity index (χ3v) is 4.06. The van der Waals surface area contributed by atoms with Crippen LogP contribution in [0.5, 0.6) is 0 Å². The predicted molar refractivity (Wildman–Crippen MR) is 85.8 cm³/mol. The van der Waals surface area contributed by atoms with Crippen molar-refractivity contribution in [3.63, 3.8) is 0 Å². The second-order valence-electron chi connectivity index (χ2n) is 5.61. The summed E-state index contributed by atoms with van der Waals surface area (Å²) in [6.07, 6.45) is 4.53. The van der Waals surface area contributed by atoms with E-state index >= 15 is 0 Å². The van der Waals surface area contributed by atoms with E-state index in [1.54, 1.807) is 4.40 Å². The molecule has 2 N–H and O–H groups in total. The molecule has 0 spiro atoms. The van der Waals surface area contributed by atoms with Crippen molar-refractivity contribution in [2.75, 3.05) is 5.32 Å². The Labute approximate surface area is 140 Å². The summed E-state index contributed by atoms with van der Waals surface area (Å²) < 4.78 is 28.8. The SMILES string of the molecule is O=C(Nc1ccncc1F)C1=C(O)CCc2c1nc1cc(F)ccn21. The van der Waals surface area contributed by atoms with Crippen molar-refractivity contribution in [1.82, 2.24) is 14.4 Å². The van der Waals surface area contributed by atoms with Crippen molar-refractivity contribution < 1.29 is 18.7 Å². The van der Waals surface area contributed by atoms with Crippen LogP contribution in [0, 0.1) is 11.6 Å². The lowest BCUT2D eigenvalue weighted by Crippen LogP contribution is -2.20. The average Bonchev–Trinajstić information content (AvgIpc) is 2.93. The van der Waals surface area contributed by atoms with Crippen LogP contribution in [0.15, 0.2) is 42.5 Å². The molecule has 1 aliphatic carbocycles. The monoisotopic (exact) mass is 342 g/mol. The molecule has 25 heavy (non-hydrogen) atoms. The van der Waals surface area contributed by atoms with Gasteiger partial charge in [-0.2, -0.15) is 0 Å². The predicted octanol–water partition coefficient (Wildman–Crippen LogP) is 2.86. The van der Waals surface area contributed by atoms with Crippen LogP contribution < -0.4 is 5.32 Å². The minimum absolute atomic E-state index is 0.0402. The second-order valence-corrected chi connectivity index (χ2v) is 5.61. The van der Waals surface area contributed by atoms with Gasteiger partial charge < -0.3 is 14.8 Å². The summed E-state index contributed by atoms with van der Waals surface area (Å²) in [7, 11) is 0. The van der Waals surface area contributed by atoms with E-state index in [1.165, 1.54) is 30.6 Å². The molecule has 3 aromatic rings. The lowest BCUT2D eigenvalue weighted by molar-refractivity contribution is -0.111. The van der Waals surface area contributed by atoms with Crippen LogP contribution in [0.2, 0.25) is 0 Å². The van der Waals surface area contributed by atoms with Gasteiger partial charge >= 0.3 is 0 Å². The van der Waals surface area contributed by atoms with E-state index in [2.05, 4.69) is 15.3 Å². The summed E-state index contributed by atoms with van der Waals surface area (Å²) in [6.45, 7) is 0. The topological polar surface area (TPSA) is 79.5 Å². The van der Waals surface area contributed by atoms with Gasteiger partial charge in [-0.3, -0.25) is 9.78 Å². The minimum atomic E-state index is -0.691. The van der Waals surface area contributed by atoms with Gasteiger partial charge in [0.05, 0.1) is 17.6 Å². The Kier molecular flexibility index (Phi) is 3.45. The Bertz CT molecular complexity index is 1040. The standard InChI is InChI=1S/C17H12F2N4O2/c18-9-4-6-23-12-1-2-13(24)15(16(12)22-14(23)7-9)17(25)21-11-3-5-20-8-10(11)19/h3-8,24H,1-2H2,(H,20,21,25). The van der Waals surface area contributed by atoms with Crippen molar-refractivity contribution >= 4 is 22.8 Å². The summed E-state index contributed by atoms with van der Waals surface area (Å²) in [6, 6.07) is 3.85. The van der Waals surface area contributed by atoms with Crippen LogP contribution in [0.4, 0.5) is 14.5 Å². The number of nitrogens with zero attached hydrogens (tertiary/aromatic N) is 3. The molecule has 0 unspecified atom stereocenters. The zero-order valence-electron chi connectivity index (χ0n) is 12.8. The third-order valence-electron chi connectivity index (χ3n) is 4.06. The number of amides is 1. The van der Waals surface area contributed by atoms with Crippen molar-refractivity contribution in [3.05, 3.63) is 65.6 Å². The minimum Gasteiger partial charge on any atom is -0.511 e. The number of hydrogen-bond donors (Lipinski definition) is 2. The van der Waals surface area contributed by atoms with Crippen LogP contribution in [0.25, 0.3) is 11.2 Å². The molecule has 8 heteroatoms. The molecule has 3 aromatic heterocycles. The van der Waals surface area contributed by atoms with Gasteiger partial charge in [0.25, 0.3) is 5.91 Å². The molecule has 0 aromatic carbocycles. The van der Waals surface area contributed by atoms with E-state index in [1.807, 2.05) is 0 Å². The summed E-state index contributed by atoms with van der Waals surface area (Å²) in [5.41, 5.74) is 1.19. The molecule has 3 heterocycles. The number of aliphatic hydroxyl groups excluding tert-OH is 1. The fourth-order valence-corrected chi connectivity index (χ4v) is 2.91. The first-order valence-electron chi connectivity index (χ1n) is 7.54. The van der Waals surface area contributed by atoms with Gasteiger partial charge in [-0.05, 0) is 18.6 Å². The third kappa shape index (κ3) is 2.51. The molecule has 1 aliphatic rings. The number of rotatable bonds is 2. The number of nitrogens with one attached hydrogen (secondary N) is 1. The first kappa shape index (κ1) is 15.3. The number of pyridine rings is 2. The van der Waals surface area contributed by atoms with E-state index in [0.29, 0.717) is 17.8 Å². The van der Waals surface area contributed by atoms with Gasteiger partial charge in [0, 0.05) is 24.9 Å². The number of fused-ring (bicyclic) bond motifs is 3. The smallest absolute Gasteiger partial charge is 0.261 e. The molecule has 0 radical (unpaired) electrons. The quantitative estimate of drug-likeness (QED) is 0.750. The van der Waals surface area contributed by atoms with E-state index in [0.717, 1.165) is 6.20 Å². The zero-order chi connectivity index (χ0) is 17.6. The number of allylic oxidation sites excluding steroid dienone is 1. The van der Waals surface area contributed by atoms with Gasteiger partial charge in [-0.1, -0.05) is 0 Å². The van der Waals surface area contributed by atoms with E-state index in [4.69, 9.17) is 0 Å². The molecule has 1 amide bonds. The number of imidazole rings is 1. The molecule has 0 saturated heterocycles. The highest BCUT2D eigenvalue weighted by atomic mass is 19.1. The van der Waals surface area contributed by atoms with Gasteiger partial charge in [0.2, 0.25) is 0 Å². The maximum Gasteiger partial charge on any atom is 0.261 e. The molecule has 0 fully saturated rings. The Hall–Kier alpha value is -3.29. The number of anilines is 1. The van der Waals surface area contributed by atoms with E-state index < -0.39 is 17.5 Å². The zero-order valence-corrected chi connectivity index (χ0v) is 12.8. The normalized spacial score (nSPS) is 13.8. The van der Waals surface area contributed by atoms with Crippen LogP contribution in [-0.2, 0) is 11.2 Å². The summed E-state index contributed by atoms with van der Waals surface area (Å²) in [5, 5.41) is 12.6. The second kappa shape index (κ2) is 5.66. The molecular formula is C17H12F2N4O2. The van der Waals surface area contributed by atoms with Gasteiger partial charge in [-0.25, -0.2) is 13.8 Å². The number of carbonyl (C=O) groups excluding carboxylic acids is 1. The molecule has 4 rings (SSSR count). The van der Waals surface area contributed by atoms with Gasteiger partial charge in [-0.15, -0.1) is 0 Å². The Balaban J connectivity index is 1.78. The Morgan fingerprint density at radius 3 is 2.92 bits per heavy atom. The van der Waals surface area contributed by atoms with Crippen LogP contribution in [0.3, 0.4) is 0 Å². The maximum atomic E-state index is 13.7. The van der Waals surface area contributed by atoms with Crippen molar-refractivity contribution in [2.45, 2.75) is 12.8 Å². The number of carbonyl (C=O) groups is 1. The first-order valence-corrected chi connectivity index (χ1v) is 7.54. The number of aryl methyl sites for hydroxylation is 1. The van der Waals surface area contributed by atoms with Crippen molar-refractivity contribution in [1.29, 1.82) is 0 Å². The fourth-order valence-electron chi connectivity index (χ4n) is 2.91. The number of halogens is 2. The van der Waals surface area contributed by atoms with E-state index in [-0.39, 0.29) is 29.1 Å². The van der Waals surface area contributed by atoms with E-state index in [9.17, 15) is 18.7 Å².